The highest BCUT2D eigenvalue weighted by atomic mass is 32.1. The SMILES string of the molecule is CCCCOc1ccc(C2C(C(=O)c3ccco3)=C(O)C(=O)N2c2nc3ccc(OC)cc3s2)cc1OC. The minimum atomic E-state index is -0.985. The zero-order valence-corrected chi connectivity index (χ0v) is 21.9. The van der Waals surface area contributed by atoms with Crippen LogP contribution in [0.4, 0.5) is 5.13 Å². The van der Waals surface area contributed by atoms with Crippen LogP contribution < -0.4 is 19.1 Å². The first kappa shape index (κ1) is 25.3. The van der Waals surface area contributed by atoms with E-state index < -0.39 is 23.5 Å². The Morgan fingerprint density at radius 2 is 1.97 bits per heavy atom. The van der Waals surface area contributed by atoms with Crippen LogP contribution in [0.3, 0.4) is 0 Å². The first-order chi connectivity index (χ1) is 18.5. The number of nitrogens with zero attached hydrogens (tertiary/aromatic N) is 2. The molecule has 4 aromatic rings. The number of aromatic nitrogens is 1. The van der Waals surface area contributed by atoms with E-state index in [-0.39, 0.29) is 11.3 Å². The second-order valence-electron chi connectivity index (χ2n) is 8.59. The molecular weight excluding hydrogens is 508 g/mol. The van der Waals surface area contributed by atoms with Gasteiger partial charge in [0.25, 0.3) is 5.91 Å². The van der Waals surface area contributed by atoms with E-state index in [0.29, 0.717) is 40.1 Å². The first-order valence-electron chi connectivity index (χ1n) is 12.1. The lowest BCUT2D eigenvalue weighted by molar-refractivity contribution is -0.117. The molecule has 0 radical (unpaired) electrons. The number of ether oxygens (including phenoxy) is 3. The fourth-order valence-electron chi connectivity index (χ4n) is 4.31. The summed E-state index contributed by atoms with van der Waals surface area (Å²) in [6.07, 6.45) is 3.23. The van der Waals surface area contributed by atoms with Gasteiger partial charge in [0.15, 0.2) is 28.1 Å². The van der Waals surface area contributed by atoms with E-state index in [1.54, 1.807) is 43.5 Å². The van der Waals surface area contributed by atoms with E-state index in [0.717, 1.165) is 17.5 Å². The van der Waals surface area contributed by atoms with Gasteiger partial charge in [0.2, 0.25) is 5.78 Å². The number of aliphatic hydroxyl groups is 1. The zero-order chi connectivity index (χ0) is 26.8. The van der Waals surface area contributed by atoms with Gasteiger partial charge in [0, 0.05) is 0 Å². The minimum absolute atomic E-state index is 0.00622. The van der Waals surface area contributed by atoms with E-state index >= 15 is 0 Å². The summed E-state index contributed by atoms with van der Waals surface area (Å²) < 4.78 is 22.9. The highest BCUT2D eigenvalue weighted by Crippen LogP contribution is 2.46. The van der Waals surface area contributed by atoms with Crippen molar-refractivity contribution < 1.29 is 33.3 Å². The van der Waals surface area contributed by atoms with Crippen molar-refractivity contribution in [3.63, 3.8) is 0 Å². The maximum Gasteiger partial charge on any atom is 0.296 e. The predicted octanol–water partition coefficient (Wildman–Crippen LogP) is 5.87. The second kappa shape index (κ2) is 10.6. The summed E-state index contributed by atoms with van der Waals surface area (Å²) in [4.78, 5) is 33.0. The van der Waals surface area contributed by atoms with Gasteiger partial charge >= 0.3 is 0 Å². The van der Waals surface area contributed by atoms with E-state index in [9.17, 15) is 14.7 Å². The van der Waals surface area contributed by atoms with E-state index in [1.165, 1.54) is 35.7 Å². The van der Waals surface area contributed by atoms with Gasteiger partial charge in [-0.3, -0.25) is 14.5 Å². The Morgan fingerprint density at radius 1 is 1.13 bits per heavy atom. The van der Waals surface area contributed by atoms with Crippen LogP contribution >= 0.6 is 11.3 Å². The van der Waals surface area contributed by atoms with Gasteiger partial charge in [-0.15, -0.1) is 0 Å². The molecule has 1 aliphatic heterocycles. The fourth-order valence-corrected chi connectivity index (χ4v) is 5.33. The topological polar surface area (TPSA) is 111 Å². The first-order valence-corrected chi connectivity index (χ1v) is 12.9. The molecular formula is C28H26N2O7S. The number of hydrogen-bond acceptors (Lipinski definition) is 9. The Labute approximate surface area is 222 Å². The third-order valence-electron chi connectivity index (χ3n) is 6.25. The van der Waals surface area contributed by atoms with Crippen LogP contribution in [0.2, 0.25) is 0 Å². The molecule has 10 heteroatoms. The molecule has 1 N–H and O–H groups in total. The molecule has 3 heterocycles. The zero-order valence-electron chi connectivity index (χ0n) is 21.1. The third kappa shape index (κ3) is 4.47. The second-order valence-corrected chi connectivity index (χ2v) is 9.60. The number of aliphatic hydroxyl groups excluding tert-OH is 1. The molecule has 0 fully saturated rings. The van der Waals surface area contributed by atoms with E-state index in [2.05, 4.69) is 11.9 Å². The number of thiazole rings is 1. The molecule has 2 aromatic heterocycles. The smallest absolute Gasteiger partial charge is 0.296 e. The summed E-state index contributed by atoms with van der Waals surface area (Å²) in [6, 6.07) is 12.6. The van der Waals surface area contributed by atoms with Crippen molar-refractivity contribution in [2.75, 3.05) is 25.7 Å². The summed E-state index contributed by atoms with van der Waals surface area (Å²) in [5, 5.41) is 11.3. The van der Waals surface area contributed by atoms with Crippen LogP contribution in [0.5, 0.6) is 17.2 Å². The Kier molecular flexibility index (Phi) is 7.06. The van der Waals surface area contributed by atoms with Crippen LogP contribution in [-0.4, -0.2) is 42.6 Å². The van der Waals surface area contributed by atoms with E-state index in [4.69, 9.17) is 18.6 Å². The van der Waals surface area contributed by atoms with Crippen molar-refractivity contribution in [1.82, 2.24) is 4.98 Å². The molecule has 2 aromatic carbocycles. The maximum atomic E-state index is 13.5. The van der Waals surface area contributed by atoms with Crippen LogP contribution in [0, 0.1) is 0 Å². The van der Waals surface area contributed by atoms with Crippen molar-refractivity contribution in [3.8, 4) is 17.2 Å². The number of carbonyl (C=O) groups is 2. The molecule has 0 saturated carbocycles. The summed E-state index contributed by atoms with van der Waals surface area (Å²) in [7, 11) is 3.09. The van der Waals surface area contributed by atoms with Crippen LogP contribution in [0.25, 0.3) is 10.2 Å². The normalized spacial score (nSPS) is 15.4. The molecule has 0 aliphatic carbocycles. The van der Waals surface area contributed by atoms with Crippen LogP contribution in [-0.2, 0) is 4.79 Å². The Balaban J connectivity index is 1.63. The Morgan fingerprint density at radius 3 is 2.68 bits per heavy atom. The largest absolute Gasteiger partial charge is 0.503 e. The van der Waals surface area contributed by atoms with Gasteiger partial charge in [-0.05, 0) is 54.4 Å². The minimum Gasteiger partial charge on any atom is -0.503 e. The lowest BCUT2D eigenvalue weighted by Gasteiger charge is -2.25. The number of anilines is 1. The average Bonchev–Trinajstić information content (AvgIpc) is 3.67. The summed E-state index contributed by atoms with van der Waals surface area (Å²) in [5.41, 5.74) is 1.08. The Hall–Kier alpha value is -4.31. The molecule has 0 saturated heterocycles. The average molecular weight is 535 g/mol. The Bertz CT molecular complexity index is 1520. The molecule has 38 heavy (non-hydrogen) atoms. The number of unbranched alkanes of at least 4 members (excludes halogenated alkanes) is 1. The summed E-state index contributed by atoms with van der Waals surface area (Å²) in [5.74, 6) is -0.357. The lowest BCUT2D eigenvalue weighted by Crippen LogP contribution is -2.31. The molecule has 1 amide bonds. The maximum absolute atomic E-state index is 13.5. The molecule has 1 atom stereocenters. The van der Waals surface area contributed by atoms with Crippen LogP contribution in [0.15, 0.2) is 70.5 Å². The molecule has 9 nitrogen and oxygen atoms in total. The van der Waals surface area contributed by atoms with Crippen molar-refractivity contribution >= 4 is 38.4 Å². The lowest BCUT2D eigenvalue weighted by atomic mass is 9.95. The highest BCUT2D eigenvalue weighted by molar-refractivity contribution is 7.22. The molecule has 1 aliphatic rings. The molecule has 0 spiro atoms. The standard InChI is InChI=1S/C28H26N2O7S/c1-4-5-12-36-19-11-8-16(14-21(19)35-3)24-23(25(31)20-7-6-13-37-20)26(32)27(33)30(24)28-29-18-10-9-17(34-2)15-22(18)38-28/h6-11,13-15,24,32H,4-5,12H2,1-3H3. The number of carbonyl (C=O) groups excluding carboxylic acids is 2. The molecule has 5 rings (SSSR count). The van der Waals surface area contributed by atoms with Gasteiger partial charge in [-0.2, -0.15) is 0 Å². The van der Waals surface area contributed by atoms with Crippen LogP contribution in [0.1, 0.15) is 41.9 Å². The van der Waals surface area contributed by atoms with Crippen molar-refractivity contribution in [2.24, 2.45) is 0 Å². The van der Waals surface area contributed by atoms with Gasteiger partial charge in [-0.25, -0.2) is 4.98 Å². The monoisotopic (exact) mass is 534 g/mol. The van der Waals surface area contributed by atoms with Gasteiger partial charge in [-0.1, -0.05) is 30.7 Å². The number of rotatable bonds is 10. The number of ketones is 1. The highest BCUT2D eigenvalue weighted by Gasteiger charge is 2.46. The fraction of sp³-hybridized carbons (Fsp3) is 0.250. The van der Waals surface area contributed by atoms with Crippen molar-refractivity contribution in [2.45, 2.75) is 25.8 Å². The summed E-state index contributed by atoms with van der Waals surface area (Å²) in [6.45, 7) is 2.60. The van der Waals surface area contributed by atoms with E-state index in [1.807, 2.05) is 6.07 Å². The predicted molar refractivity (Wildman–Crippen MR) is 142 cm³/mol. The number of benzene rings is 2. The number of hydrogen-bond donors (Lipinski definition) is 1. The summed E-state index contributed by atoms with van der Waals surface area (Å²) >= 11 is 1.25. The molecule has 1 unspecified atom stereocenters. The third-order valence-corrected chi connectivity index (χ3v) is 7.26. The van der Waals surface area contributed by atoms with Gasteiger partial charge in [0.05, 0.1) is 48.9 Å². The molecule has 196 valence electrons. The number of furan rings is 1. The number of amides is 1. The van der Waals surface area contributed by atoms with Crippen molar-refractivity contribution in [1.29, 1.82) is 0 Å². The quantitative estimate of drug-likeness (QED) is 0.199. The van der Waals surface area contributed by atoms with Gasteiger partial charge < -0.3 is 23.7 Å². The van der Waals surface area contributed by atoms with Gasteiger partial charge in [0.1, 0.15) is 5.75 Å². The number of fused-ring (bicyclic) bond motifs is 1. The molecule has 0 bridgehead atoms. The number of Topliss-reactive ketones (excluding diaryl/α,β-unsaturated/α-hetero) is 1. The number of methoxy groups -OCH3 is 2. The van der Waals surface area contributed by atoms with Crippen molar-refractivity contribution in [3.05, 3.63) is 77.5 Å².